The van der Waals surface area contributed by atoms with Crippen LogP contribution in [0.2, 0.25) is 0 Å². The fraction of sp³-hybridized carbons (Fsp3) is 0.529. The van der Waals surface area contributed by atoms with Gasteiger partial charge in [0.1, 0.15) is 0 Å². The largest absolute Gasteiger partial charge is 0.338 e. The normalized spacial score (nSPS) is 23.2. The molecular weight excluding hydrogens is 320 g/mol. The summed E-state index contributed by atoms with van der Waals surface area (Å²) in [4.78, 5) is 29.2. The first-order valence-corrected chi connectivity index (χ1v) is 8.56. The number of H-pyrrole nitrogens is 1. The Morgan fingerprint density at radius 3 is 2.84 bits per heavy atom. The van der Waals surface area contributed by atoms with Gasteiger partial charge in [0, 0.05) is 38.3 Å². The van der Waals surface area contributed by atoms with Crippen LogP contribution in [0.5, 0.6) is 0 Å². The van der Waals surface area contributed by atoms with E-state index in [-0.39, 0.29) is 24.3 Å². The number of amides is 2. The molecule has 8 nitrogen and oxygen atoms in total. The van der Waals surface area contributed by atoms with E-state index in [1.54, 1.807) is 33.9 Å². The van der Waals surface area contributed by atoms with Crippen LogP contribution in [-0.2, 0) is 23.1 Å². The van der Waals surface area contributed by atoms with Crippen molar-refractivity contribution in [1.29, 1.82) is 0 Å². The minimum atomic E-state index is -0.402. The lowest BCUT2D eigenvalue weighted by molar-refractivity contribution is -0.128. The zero-order valence-electron chi connectivity index (χ0n) is 14.7. The van der Waals surface area contributed by atoms with Crippen molar-refractivity contribution in [2.45, 2.75) is 32.2 Å². The highest BCUT2D eigenvalue weighted by molar-refractivity contribution is 6.00. The third kappa shape index (κ3) is 2.35. The fourth-order valence-electron chi connectivity index (χ4n) is 4.01. The van der Waals surface area contributed by atoms with Gasteiger partial charge in [0.25, 0.3) is 0 Å². The van der Waals surface area contributed by atoms with Crippen LogP contribution < -0.4 is 4.90 Å². The minimum Gasteiger partial charge on any atom is -0.338 e. The second-order valence-electron chi connectivity index (χ2n) is 6.90. The quantitative estimate of drug-likeness (QED) is 0.880. The SMILES string of the molecule is Cc1c([C@@H]2[C@@H](C(=O)N3CCCc4[nH]ncc43)CC(=O)N2C)cnn1C. The second kappa shape index (κ2) is 5.72. The lowest BCUT2D eigenvalue weighted by atomic mass is 9.92. The van der Waals surface area contributed by atoms with E-state index in [1.807, 2.05) is 14.0 Å². The van der Waals surface area contributed by atoms with Crippen molar-refractivity contribution < 1.29 is 9.59 Å². The summed E-state index contributed by atoms with van der Waals surface area (Å²) >= 11 is 0. The topological polar surface area (TPSA) is 87.1 Å². The number of fused-ring (bicyclic) bond motifs is 1. The summed E-state index contributed by atoms with van der Waals surface area (Å²) in [6.07, 6.45) is 5.51. The monoisotopic (exact) mass is 342 g/mol. The number of aromatic nitrogens is 4. The summed E-state index contributed by atoms with van der Waals surface area (Å²) in [6, 6.07) is -0.272. The van der Waals surface area contributed by atoms with E-state index in [4.69, 9.17) is 0 Å². The Morgan fingerprint density at radius 1 is 1.32 bits per heavy atom. The van der Waals surface area contributed by atoms with Crippen molar-refractivity contribution in [1.82, 2.24) is 24.9 Å². The highest BCUT2D eigenvalue weighted by Crippen LogP contribution is 2.40. The number of aryl methyl sites for hydroxylation is 2. The smallest absolute Gasteiger partial charge is 0.233 e. The molecule has 1 saturated heterocycles. The van der Waals surface area contributed by atoms with Gasteiger partial charge in [0.05, 0.1) is 35.7 Å². The highest BCUT2D eigenvalue weighted by Gasteiger charge is 2.46. The zero-order valence-corrected chi connectivity index (χ0v) is 14.7. The Labute approximate surface area is 145 Å². The van der Waals surface area contributed by atoms with Crippen LogP contribution in [0.3, 0.4) is 0 Å². The lowest BCUT2D eigenvalue weighted by Gasteiger charge is -2.31. The summed E-state index contributed by atoms with van der Waals surface area (Å²) in [5, 5.41) is 11.3. The first-order valence-electron chi connectivity index (χ1n) is 8.56. The first-order chi connectivity index (χ1) is 12.0. The van der Waals surface area contributed by atoms with Gasteiger partial charge in [0.15, 0.2) is 0 Å². The number of likely N-dealkylation sites (tertiary alicyclic amines) is 1. The van der Waals surface area contributed by atoms with Gasteiger partial charge >= 0.3 is 0 Å². The summed E-state index contributed by atoms with van der Waals surface area (Å²) in [7, 11) is 3.64. The molecule has 1 fully saturated rings. The summed E-state index contributed by atoms with van der Waals surface area (Å²) in [6.45, 7) is 2.63. The van der Waals surface area contributed by atoms with Crippen molar-refractivity contribution >= 4 is 17.5 Å². The standard InChI is InChI=1S/C17H22N6O2/c1-10-12(8-19-22(10)3)16-11(7-15(24)21(16)2)17(25)23-6-4-5-13-14(23)9-18-20-13/h8-9,11,16H,4-7H2,1-3H3,(H,18,20)/t11-,16-/m0/s1. The Balaban J connectivity index is 1.70. The molecule has 0 radical (unpaired) electrons. The van der Waals surface area contributed by atoms with Crippen molar-refractivity contribution in [3.8, 4) is 0 Å². The molecule has 2 aliphatic heterocycles. The molecule has 132 valence electrons. The zero-order chi connectivity index (χ0) is 17.7. The number of carbonyl (C=O) groups excluding carboxylic acids is 2. The molecular formula is C17H22N6O2. The predicted octanol–water partition coefficient (Wildman–Crippen LogP) is 0.950. The van der Waals surface area contributed by atoms with Gasteiger partial charge in [-0.1, -0.05) is 0 Å². The maximum Gasteiger partial charge on any atom is 0.233 e. The van der Waals surface area contributed by atoms with Crippen LogP contribution in [0.15, 0.2) is 12.4 Å². The molecule has 2 aromatic heterocycles. The average molecular weight is 342 g/mol. The number of aromatic amines is 1. The molecule has 0 aliphatic carbocycles. The molecule has 1 N–H and O–H groups in total. The fourth-order valence-corrected chi connectivity index (χ4v) is 4.01. The lowest BCUT2D eigenvalue weighted by Crippen LogP contribution is -2.41. The molecule has 25 heavy (non-hydrogen) atoms. The van der Waals surface area contributed by atoms with E-state index in [2.05, 4.69) is 15.3 Å². The van der Waals surface area contributed by atoms with E-state index in [0.717, 1.165) is 35.5 Å². The van der Waals surface area contributed by atoms with Crippen molar-refractivity contribution in [3.63, 3.8) is 0 Å². The van der Waals surface area contributed by atoms with E-state index in [1.165, 1.54) is 0 Å². The number of nitrogens with one attached hydrogen (secondary N) is 1. The third-order valence-electron chi connectivity index (χ3n) is 5.56. The first kappa shape index (κ1) is 15.9. The molecule has 0 saturated carbocycles. The van der Waals surface area contributed by atoms with Crippen LogP contribution in [-0.4, -0.2) is 50.3 Å². The van der Waals surface area contributed by atoms with Crippen LogP contribution in [0.25, 0.3) is 0 Å². The number of carbonyl (C=O) groups is 2. The van der Waals surface area contributed by atoms with Gasteiger partial charge in [-0.05, 0) is 19.8 Å². The van der Waals surface area contributed by atoms with Gasteiger partial charge in [-0.2, -0.15) is 10.2 Å². The highest BCUT2D eigenvalue weighted by atomic mass is 16.2. The maximum atomic E-state index is 13.3. The summed E-state index contributed by atoms with van der Waals surface area (Å²) < 4.78 is 1.78. The molecule has 2 aromatic rings. The number of hydrogen-bond donors (Lipinski definition) is 1. The van der Waals surface area contributed by atoms with Gasteiger partial charge in [-0.3, -0.25) is 19.4 Å². The van der Waals surface area contributed by atoms with Gasteiger partial charge in [0.2, 0.25) is 11.8 Å². The maximum absolute atomic E-state index is 13.3. The summed E-state index contributed by atoms with van der Waals surface area (Å²) in [5.41, 5.74) is 3.76. The molecule has 0 spiro atoms. The summed E-state index contributed by atoms with van der Waals surface area (Å²) in [5.74, 6) is -0.411. The molecule has 4 heterocycles. The van der Waals surface area contributed by atoms with Gasteiger partial charge in [-0.15, -0.1) is 0 Å². The van der Waals surface area contributed by atoms with Gasteiger partial charge < -0.3 is 9.80 Å². The average Bonchev–Trinajstić information content (AvgIpc) is 3.28. The Hall–Kier alpha value is -2.64. The van der Waals surface area contributed by atoms with E-state index >= 15 is 0 Å². The van der Waals surface area contributed by atoms with Crippen molar-refractivity contribution in [2.75, 3.05) is 18.5 Å². The third-order valence-corrected chi connectivity index (χ3v) is 5.56. The van der Waals surface area contributed by atoms with Gasteiger partial charge in [-0.25, -0.2) is 0 Å². The number of rotatable bonds is 2. The van der Waals surface area contributed by atoms with Crippen molar-refractivity contribution in [2.24, 2.45) is 13.0 Å². The van der Waals surface area contributed by atoms with Crippen LogP contribution in [0.4, 0.5) is 5.69 Å². The Bertz CT molecular complexity index is 838. The molecule has 0 unspecified atom stereocenters. The molecule has 2 atom stereocenters. The Morgan fingerprint density at radius 2 is 2.12 bits per heavy atom. The molecule has 4 rings (SSSR count). The van der Waals surface area contributed by atoms with E-state index in [0.29, 0.717) is 6.54 Å². The second-order valence-corrected chi connectivity index (χ2v) is 6.90. The molecule has 0 bridgehead atoms. The number of nitrogens with zero attached hydrogens (tertiary/aromatic N) is 5. The number of hydrogen-bond acceptors (Lipinski definition) is 4. The van der Waals surface area contributed by atoms with Crippen LogP contribution >= 0.6 is 0 Å². The Kier molecular flexibility index (Phi) is 3.63. The minimum absolute atomic E-state index is 0.00368. The predicted molar refractivity (Wildman–Crippen MR) is 90.8 cm³/mol. The van der Waals surface area contributed by atoms with E-state index < -0.39 is 5.92 Å². The molecule has 2 amide bonds. The molecule has 0 aromatic carbocycles. The number of anilines is 1. The van der Waals surface area contributed by atoms with Crippen molar-refractivity contribution in [3.05, 3.63) is 29.3 Å². The van der Waals surface area contributed by atoms with Crippen LogP contribution in [0.1, 0.15) is 35.8 Å². The van der Waals surface area contributed by atoms with E-state index in [9.17, 15) is 9.59 Å². The van der Waals surface area contributed by atoms with Crippen LogP contribution in [0, 0.1) is 12.8 Å². The molecule has 8 heteroatoms. The molecule has 2 aliphatic rings.